The molecule has 0 unspecified atom stereocenters. The van der Waals surface area contributed by atoms with Crippen molar-refractivity contribution in [1.29, 1.82) is 0 Å². The third-order valence-electron chi connectivity index (χ3n) is 2.48. The lowest BCUT2D eigenvalue weighted by Gasteiger charge is -2.05. The Morgan fingerprint density at radius 2 is 2.37 bits per heavy atom. The molecule has 0 radical (unpaired) electrons. The summed E-state index contributed by atoms with van der Waals surface area (Å²) in [5, 5.41) is 10.4. The van der Waals surface area contributed by atoms with E-state index in [1.165, 1.54) is 25.6 Å². The van der Waals surface area contributed by atoms with E-state index >= 15 is 0 Å². The lowest BCUT2D eigenvalue weighted by Crippen LogP contribution is -2.02. The fraction of sp³-hybridized carbons (Fsp3) is 0.273. The molecule has 0 bridgehead atoms. The van der Waals surface area contributed by atoms with Gasteiger partial charge in [0, 0.05) is 18.3 Å². The normalized spacial score (nSPS) is 10.2. The lowest BCUT2D eigenvalue weighted by atomic mass is 10.3. The molecule has 0 spiro atoms. The number of esters is 1. The zero-order valence-electron chi connectivity index (χ0n) is 10.5. The Balaban J connectivity index is 2.22. The molecule has 0 fully saturated rings. The van der Waals surface area contributed by atoms with Crippen LogP contribution in [0.2, 0.25) is 0 Å². The molecule has 0 aromatic carbocycles. The van der Waals surface area contributed by atoms with Crippen LogP contribution in [-0.4, -0.2) is 30.4 Å². The van der Waals surface area contributed by atoms with Crippen LogP contribution < -0.4 is 15.8 Å². The molecule has 102 valence electrons. The second kappa shape index (κ2) is 5.61. The number of ether oxygens (including phenoxy) is 2. The molecule has 19 heavy (non-hydrogen) atoms. The molecule has 7 nitrogen and oxygen atoms in total. The SMILES string of the molecule is COC(=O)c1sc(NCc2cn[nH]c2)c(OC)c1N. The maximum atomic E-state index is 11.6. The second-order valence-electron chi connectivity index (χ2n) is 3.66. The number of rotatable bonds is 5. The number of anilines is 2. The number of carbonyl (C=O) groups excluding carboxylic acids is 1. The van der Waals surface area contributed by atoms with Crippen molar-refractivity contribution >= 4 is 28.0 Å². The van der Waals surface area contributed by atoms with E-state index in [4.69, 9.17) is 10.5 Å². The summed E-state index contributed by atoms with van der Waals surface area (Å²) in [6.07, 6.45) is 3.48. The van der Waals surface area contributed by atoms with E-state index < -0.39 is 5.97 Å². The number of nitrogens with one attached hydrogen (secondary N) is 2. The first-order chi connectivity index (χ1) is 9.17. The number of nitrogens with zero attached hydrogens (tertiary/aromatic N) is 1. The van der Waals surface area contributed by atoms with E-state index in [0.717, 1.165) is 5.56 Å². The van der Waals surface area contributed by atoms with Gasteiger partial charge in [0.25, 0.3) is 0 Å². The third-order valence-corrected chi connectivity index (χ3v) is 3.61. The van der Waals surface area contributed by atoms with E-state index in [0.29, 0.717) is 22.2 Å². The smallest absolute Gasteiger partial charge is 0.350 e. The van der Waals surface area contributed by atoms with Crippen molar-refractivity contribution in [2.45, 2.75) is 6.54 Å². The highest BCUT2D eigenvalue weighted by Crippen LogP contribution is 2.42. The molecule has 0 saturated carbocycles. The van der Waals surface area contributed by atoms with Gasteiger partial charge in [-0.1, -0.05) is 0 Å². The number of methoxy groups -OCH3 is 2. The van der Waals surface area contributed by atoms with Crippen molar-refractivity contribution < 1.29 is 14.3 Å². The standard InChI is InChI=1S/C11H14N4O3S/c1-17-8-7(12)9(11(16)18-2)19-10(8)13-3-6-4-14-15-5-6/h4-5,13H,3,12H2,1-2H3,(H,14,15). The summed E-state index contributed by atoms with van der Waals surface area (Å²) in [7, 11) is 2.81. The van der Waals surface area contributed by atoms with E-state index in [-0.39, 0.29) is 5.69 Å². The maximum absolute atomic E-state index is 11.6. The van der Waals surface area contributed by atoms with E-state index in [1.54, 1.807) is 12.4 Å². The Morgan fingerprint density at radius 3 is 2.95 bits per heavy atom. The number of thiophene rings is 1. The summed E-state index contributed by atoms with van der Waals surface area (Å²) in [5.74, 6) is -0.0222. The molecule has 0 atom stereocenters. The van der Waals surface area contributed by atoms with Crippen LogP contribution in [-0.2, 0) is 11.3 Å². The van der Waals surface area contributed by atoms with Gasteiger partial charge in [-0.15, -0.1) is 11.3 Å². The Hall–Kier alpha value is -2.22. The minimum absolute atomic E-state index is 0.286. The van der Waals surface area contributed by atoms with E-state index in [1.807, 2.05) is 0 Å². The number of aromatic amines is 1. The van der Waals surface area contributed by atoms with Crippen LogP contribution in [0.15, 0.2) is 12.4 Å². The molecule has 2 rings (SSSR count). The highest BCUT2D eigenvalue weighted by molar-refractivity contribution is 7.19. The van der Waals surface area contributed by atoms with Gasteiger partial charge in [-0.3, -0.25) is 5.10 Å². The molecule has 0 aliphatic carbocycles. The third kappa shape index (κ3) is 2.63. The maximum Gasteiger partial charge on any atom is 0.350 e. The predicted molar refractivity (Wildman–Crippen MR) is 72.5 cm³/mol. The first kappa shape index (κ1) is 13.2. The Morgan fingerprint density at radius 1 is 1.58 bits per heavy atom. The fourth-order valence-corrected chi connectivity index (χ4v) is 2.55. The quantitative estimate of drug-likeness (QED) is 0.717. The van der Waals surface area contributed by atoms with Gasteiger partial charge in [0.2, 0.25) is 0 Å². The highest BCUT2D eigenvalue weighted by atomic mass is 32.1. The Bertz CT molecular complexity index is 565. The van der Waals surface area contributed by atoms with Crippen molar-refractivity contribution in [3.63, 3.8) is 0 Å². The second-order valence-corrected chi connectivity index (χ2v) is 4.68. The lowest BCUT2D eigenvalue weighted by molar-refractivity contribution is 0.0607. The topological polar surface area (TPSA) is 102 Å². The van der Waals surface area contributed by atoms with Gasteiger partial charge in [-0.05, 0) is 0 Å². The summed E-state index contributed by atoms with van der Waals surface area (Å²) in [6, 6.07) is 0. The van der Waals surface area contributed by atoms with Crippen LogP contribution in [0.3, 0.4) is 0 Å². The minimum atomic E-state index is -0.475. The van der Waals surface area contributed by atoms with Gasteiger partial charge in [0.15, 0.2) is 5.75 Å². The van der Waals surface area contributed by atoms with Gasteiger partial charge in [0.05, 0.1) is 20.4 Å². The van der Waals surface area contributed by atoms with Crippen LogP contribution in [0.25, 0.3) is 0 Å². The van der Waals surface area contributed by atoms with Crippen LogP contribution in [0.5, 0.6) is 5.75 Å². The average molecular weight is 282 g/mol. The average Bonchev–Trinajstić information content (AvgIpc) is 3.03. The van der Waals surface area contributed by atoms with Gasteiger partial charge < -0.3 is 20.5 Å². The number of H-pyrrole nitrogens is 1. The molecular formula is C11H14N4O3S. The monoisotopic (exact) mass is 282 g/mol. The van der Waals surface area contributed by atoms with Crippen LogP contribution >= 0.6 is 11.3 Å². The number of nitrogens with two attached hydrogens (primary N) is 1. The summed E-state index contributed by atoms with van der Waals surface area (Å²) >= 11 is 1.20. The summed E-state index contributed by atoms with van der Waals surface area (Å²) < 4.78 is 9.89. The van der Waals surface area contributed by atoms with Crippen molar-refractivity contribution in [1.82, 2.24) is 10.2 Å². The minimum Gasteiger partial charge on any atom is -0.492 e. The van der Waals surface area contributed by atoms with Crippen molar-refractivity contribution in [2.24, 2.45) is 0 Å². The van der Waals surface area contributed by atoms with E-state index in [2.05, 4.69) is 20.3 Å². The van der Waals surface area contributed by atoms with Gasteiger partial charge in [-0.25, -0.2) is 4.79 Å². The van der Waals surface area contributed by atoms with Crippen molar-refractivity contribution in [3.05, 3.63) is 22.8 Å². The van der Waals surface area contributed by atoms with Gasteiger partial charge in [0.1, 0.15) is 15.6 Å². The first-order valence-electron chi connectivity index (χ1n) is 5.43. The molecule has 0 aliphatic rings. The number of hydrogen-bond donors (Lipinski definition) is 3. The molecule has 0 saturated heterocycles. The van der Waals surface area contributed by atoms with Gasteiger partial charge >= 0.3 is 5.97 Å². The number of nitrogen functional groups attached to an aromatic ring is 1. The zero-order chi connectivity index (χ0) is 13.8. The molecule has 4 N–H and O–H groups in total. The van der Waals surface area contributed by atoms with Crippen molar-refractivity contribution in [2.75, 3.05) is 25.3 Å². The molecule has 2 aromatic rings. The Labute approximate surface area is 113 Å². The predicted octanol–water partition coefficient (Wildman–Crippen LogP) is 1.46. The summed E-state index contributed by atoms with van der Waals surface area (Å²) in [6.45, 7) is 0.549. The molecule has 2 heterocycles. The molecule has 2 aromatic heterocycles. The fourth-order valence-electron chi connectivity index (χ4n) is 1.55. The molecule has 8 heteroatoms. The van der Waals surface area contributed by atoms with Crippen LogP contribution in [0.4, 0.5) is 10.7 Å². The van der Waals surface area contributed by atoms with Crippen molar-refractivity contribution in [3.8, 4) is 5.75 Å². The van der Waals surface area contributed by atoms with Crippen LogP contribution in [0, 0.1) is 0 Å². The highest BCUT2D eigenvalue weighted by Gasteiger charge is 2.22. The first-order valence-corrected chi connectivity index (χ1v) is 6.25. The number of carbonyl (C=O) groups is 1. The summed E-state index contributed by atoms with van der Waals surface area (Å²) in [5.41, 5.74) is 7.13. The largest absolute Gasteiger partial charge is 0.492 e. The molecular weight excluding hydrogens is 268 g/mol. The van der Waals surface area contributed by atoms with Crippen LogP contribution in [0.1, 0.15) is 15.2 Å². The van der Waals surface area contributed by atoms with E-state index in [9.17, 15) is 4.79 Å². The molecule has 0 aliphatic heterocycles. The Kier molecular flexibility index (Phi) is 3.91. The molecule has 0 amide bonds. The van der Waals surface area contributed by atoms with Gasteiger partial charge in [-0.2, -0.15) is 5.10 Å². The summed E-state index contributed by atoms with van der Waals surface area (Å²) in [4.78, 5) is 11.9. The number of aromatic nitrogens is 2. The zero-order valence-corrected chi connectivity index (χ0v) is 11.3. The number of hydrogen-bond acceptors (Lipinski definition) is 7.